The predicted molar refractivity (Wildman–Crippen MR) is 132 cm³/mol. The third-order valence-electron chi connectivity index (χ3n) is 6.69. The van der Waals surface area contributed by atoms with Gasteiger partial charge in [-0.3, -0.25) is 0 Å². The minimum atomic E-state index is -2.87. The molecule has 3 aromatic rings. The normalized spacial score (nSPS) is 18.3. The van der Waals surface area contributed by atoms with Gasteiger partial charge in [0.15, 0.2) is 0 Å². The van der Waals surface area contributed by atoms with Gasteiger partial charge in [0, 0.05) is 10.9 Å². The van der Waals surface area contributed by atoms with Crippen molar-refractivity contribution in [2.45, 2.75) is 58.0 Å². The molecule has 4 rings (SSSR count). The summed E-state index contributed by atoms with van der Waals surface area (Å²) in [6.07, 6.45) is 11.7. The Hall–Kier alpha value is -3.19. The van der Waals surface area contributed by atoms with Gasteiger partial charge in [-0.15, -0.1) is 0 Å². The lowest BCUT2D eigenvalue weighted by Crippen LogP contribution is -2.13. The van der Waals surface area contributed by atoms with E-state index in [2.05, 4.69) is 47.8 Å². The first-order valence-electron chi connectivity index (χ1n) is 11.9. The number of ether oxygens (including phenoxy) is 1. The minimum absolute atomic E-state index is 0.0652. The molecular formula is C30H29F3O. The first-order valence-corrected chi connectivity index (χ1v) is 11.9. The fourth-order valence-corrected chi connectivity index (χ4v) is 4.80. The standard InChI is InChI=1S/C30H29F3O/c1-2-3-4-5-21-6-11-23(12-7-21)25-16-19-28-26(20-25)15-14-24(29(28)31)13-8-22-9-17-27(18-10-22)34-30(32)33/h2-3,9-10,14-21,23,30H,4-7,11-12H2,1H3/b3-2+. The van der Waals surface area contributed by atoms with Crippen molar-refractivity contribution in [2.24, 2.45) is 5.92 Å². The van der Waals surface area contributed by atoms with Crippen LogP contribution in [0.1, 0.15) is 68.1 Å². The molecule has 4 heteroatoms. The fraction of sp³-hybridized carbons (Fsp3) is 0.333. The van der Waals surface area contributed by atoms with Crippen molar-refractivity contribution in [3.8, 4) is 17.6 Å². The van der Waals surface area contributed by atoms with Crippen LogP contribution in [0.4, 0.5) is 13.2 Å². The van der Waals surface area contributed by atoms with Crippen LogP contribution in [-0.4, -0.2) is 6.61 Å². The maximum Gasteiger partial charge on any atom is 0.387 e. The van der Waals surface area contributed by atoms with Crippen molar-refractivity contribution >= 4 is 10.8 Å². The Balaban J connectivity index is 1.45. The zero-order chi connectivity index (χ0) is 23.9. The van der Waals surface area contributed by atoms with Crippen molar-refractivity contribution in [1.82, 2.24) is 0 Å². The molecule has 0 amide bonds. The fourth-order valence-electron chi connectivity index (χ4n) is 4.80. The number of fused-ring (bicyclic) bond motifs is 1. The van der Waals surface area contributed by atoms with E-state index >= 15 is 4.39 Å². The van der Waals surface area contributed by atoms with Crippen LogP contribution in [0, 0.1) is 23.6 Å². The summed E-state index contributed by atoms with van der Waals surface area (Å²) in [4.78, 5) is 0. The molecule has 1 fully saturated rings. The zero-order valence-electron chi connectivity index (χ0n) is 19.4. The molecule has 1 saturated carbocycles. The minimum Gasteiger partial charge on any atom is -0.435 e. The Kier molecular flexibility index (Phi) is 7.95. The molecule has 176 valence electrons. The van der Waals surface area contributed by atoms with Crippen LogP contribution < -0.4 is 4.74 Å². The topological polar surface area (TPSA) is 9.23 Å². The van der Waals surface area contributed by atoms with Crippen molar-refractivity contribution in [1.29, 1.82) is 0 Å². The van der Waals surface area contributed by atoms with E-state index in [0.29, 0.717) is 22.4 Å². The van der Waals surface area contributed by atoms with Crippen LogP contribution in [0.15, 0.2) is 66.7 Å². The average molecular weight is 463 g/mol. The van der Waals surface area contributed by atoms with Gasteiger partial charge in [0.2, 0.25) is 0 Å². The van der Waals surface area contributed by atoms with Gasteiger partial charge in [-0.25, -0.2) is 4.39 Å². The molecule has 0 aromatic heterocycles. The van der Waals surface area contributed by atoms with Crippen LogP contribution >= 0.6 is 0 Å². The van der Waals surface area contributed by atoms with E-state index in [-0.39, 0.29) is 11.6 Å². The molecule has 0 heterocycles. The SMILES string of the molecule is C/C=C/CCC1CCC(c2ccc3c(F)c(C#Cc4ccc(OC(F)F)cc4)ccc3c2)CC1. The summed E-state index contributed by atoms with van der Waals surface area (Å²) >= 11 is 0. The van der Waals surface area contributed by atoms with Gasteiger partial charge < -0.3 is 4.74 Å². The van der Waals surface area contributed by atoms with Crippen molar-refractivity contribution in [2.75, 3.05) is 0 Å². The highest BCUT2D eigenvalue weighted by atomic mass is 19.3. The second kappa shape index (κ2) is 11.3. The quantitative estimate of drug-likeness (QED) is 0.263. The van der Waals surface area contributed by atoms with Gasteiger partial charge >= 0.3 is 6.61 Å². The number of allylic oxidation sites excluding steroid dienone is 2. The Morgan fingerprint density at radius 3 is 2.44 bits per heavy atom. The number of hydrogen-bond donors (Lipinski definition) is 0. The van der Waals surface area contributed by atoms with Crippen LogP contribution in [0.3, 0.4) is 0 Å². The predicted octanol–water partition coefficient (Wildman–Crippen LogP) is 8.61. The van der Waals surface area contributed by atoms with Crippen LogP contribution in [0.2, 0.25) is 0 Å². The van der Waals surface area contributed by atoms with E-state index in [1.54, 1.807) is 18.2 Å². The van der Waals surface area contributed by atoms with Gasteiger partial charge in [-0.05, 0) is 98.6 Å². The molecule has 1 aliphatic rings. The average Bonchev–Trinajstić information content (AvgIpc) is 2.85. The lowest BCUT2D eigenvalue weighted by molar-refractivity contribution is -0.0498. The molecule has 0 radical (unpaired) electrons. The van der Waals surface area contributed by atoms with E-state index in [1.165, 1.54) is 56.2 Å². The Labute approximate surface area is 199 Å². The molecule has 3 aromatic carbocycles. The summed E-state index contributed by atoms with van der Waals surface area (Å²) in [5, 5.41) is 1.46. The lowest BCUT2D eigenvalue weighted by atomic mass is 9.77. The monoisotopic (exact) mass is 462 g/mol. The van der Waals surface area contributed by atoms with Gasteiger partial charge in [0.05, 0.1) is 5.56 Å². The zero-order valence-corrected chi connectivity index (χ0v) is 19.4. The van der Waals surface area contributed by atoms with Gasteiger partial charge in [-0.2, -0.15) is 8.78 Å². The van der Waals surface area contributed by atoms with Crippen molar-refractivity contribution in [3.05, 3.63) is 89.3 Å². The first kappa shape index (κ1) is 24.0. The van der Waals surface area contributed by atoms with Crippen LogP contribution in [0.5, 0.6) is 5.75 Å². The van der Waals surface area contributed by atoms with Gasteiger partial charge in [0.1, 0.15) is 11.6 Å². The number of hydrogen-bond acceptors (Lipinski definition) is 1. The molecule has 0 unspecified atom stereocenters. The summed E-state index contributed by atoms with van der Waals surface area (Å²) in [5.74, 6) is 6.86. The second-order valence-corrected chi connectivity index (χ2v) is 8.92. The molecule has 1 nitrogen and oxygen atoms in total. The molecule has 34 heavy (non-hydrogen) atoms. The van der Waals surface area contributed by atoms with Gasteiger partial charge in [0.25, 0.3) is 0 Å². The highest BCUT2D eigenvalue weighted by Gasteiger charge is 2.22. The van der Waals surface area contributed by atoms with E-state index in [1.807, 2.05) is 12.1 Å². The highest BCUT2D eigenvalue weighted by Crippen LogP contribution is 2.38. The maximum atomic E-state index is 15.1. The maximum absolute atomic E-state index is 15.1. The van der Waals surface area contributed by atoms with Gasteiger partial charge in [-0.1, -0.05) is 48.3 Å². The van der Waals surface area contributed by atoms with Crippen LogP contribution in [-0.2, 0) is 0 Å². The summed E-state index contributed by atoms with van der Waals surface area (Å²) in [7, 11) is 0. The number of benzene rings is 3. The first-order chi connectivity index (χ1) is 16.5. The summed E-state index contributed by atoms with van der Waals surface area (Å²) in [6.45, 7) is -0.795. The largest absolute Gasteiger partial charge is 0.435 e. The number of rotatable bonds is 6. The molecule has 1 aliphatic carbocycles. The molecule has 0 atom stereocenters. The van der Waals surface area contributed by atoms with Crippen molar-refractivity contribution < 1.29 is 17.9 Å². The molecule has 0 aliphatic heterocycles. The molecule has 0 bridgehead atoms. The molecule has 0 spiro atoms. The van der Waals surface area contributed by atoms with E-state index in [4.69, 9.17) is 0 Å². The second-order valence-electron chi connectivity index (χ2n) is 8.92. The van der Waals surface area contributed by atoms with E-state index in [0.717, 1.165) is 11.3 Å². The van der Waals surface area contributed by atoms with Crippen LogP contribution in [0.25, 0.3) is 10.8 Å². The lowest BCUT2D eigenvalue weighted by Gasteiger charge is -2.28. The summed E-state index contributed by atoms with van der Waals surface area (Å²) in [5.41, 5.74) is 2.20. The molecule has 0 saturated heterocycles. The number of alkyl halides is 2. The Bertz CT molecular complexity index is 1190. The third-order valence-corrected chi connectivity index (χ3v) is 6.69. The molecule has 0 N–H and O–H groups in total. The summed E-state index contributed by atoms with van der Waals surface area (Å²) in [6, 6.07) is 15.7. The Morgan fingerprint density at radius 2 is 1.74 bits per heavy atom. The highest BCUT2D eigenvalue weighted by molar-refractivity contribution is 5.85. The Morgan fingerprint density at radius 1 is 0.971 bits per heavy atom. The smallest absolute Gasteiger partial charge is 0.387 e. The van der Waals surface area contributed by atoms with E-state index < -0.39 is 6.61 Å². The molecular weight excluding hydrogens is 433 g/mol. The number of halogens is 3. The van der Waals surface area contributed by atoms with Crippen molar-refractivity contribution in [3.63, 3.8) is 0 Å². The summed E-state index contributed by atoms with van der Waals surface area (Å²) < 4.78 is 44.0. The van der Waals surface area contributed by atoms with E-state index in [9.17, 15) is 8.78 Å². The third kappa shape index (κ3) is 6.03.